The molecule has 1 fully saturated rings. The third-order valence-electron chi connectivity index (χ3n) is 4.47. The van der Waals surface area contributed by atoms with Crippen molar-refractivity contribution in [1.29, 1.82) is 0 Å². The molecule has 3 nitrogen and oxygen atoms in total. The number of nitrogens with two attached hydrogens (primary N) is 1. The zero-order chi connectivity index (χ0) is 13.7. The standard InChI is InChI=1S/C15H24BrN3/c1-2-11-3-5-12(6-4-11)15(19-17)9-14-8-7-13(16)10-18-14/h7-8,10-12,15,19H,2-6,9,17H2,1H3. The summed E-state index contributed by atoms with van der Waals surface area (Å²) < 4.78 is 1.02. The average molecular weight is 326 g/mol. The highest BCUT2D eigenvalue weighted by Crippen LogP contribution is 2.33. The Bertz CT molecular complexity index is 371. The molecule has 1 aliphatic carbocycles. The van der Waals surface area contributed by atoms with E-state index < -0.39 is 0 Å². The highest BCUT2D eigenvalue weighted by molar-refractivity contribution is 9.10. The Morgan fingerprint density at radius 2 is 2.11 bits per heavy atom. The van der Waals surface area contributed by atoms with Crippen LogP contribution in [0, 0.1) is 11.8 Å². The molecule has 0 spiro atoms. The second-order valence-electron chi connectivity index (χ2n) is 5.63. The van der Waals surface area contributed by atoms with Crippen LogP contribution in [0.15, 0.2) is 22.8 Å². The molecule has 4 heteroatoms. The molecule has 0 aromatic carbocycles. The lowest BCUT2D eigenvalue weighted by Crippen LogP contribution is -2.43. The summed E-state index contributed by atoms with van der Waals surface area (Å²) in [6.45, 7) is 2.30. The van der Waals surface area contributed by atoms with Crippen LogP contribution >= 0.6 is 15.9 Å². The Labute approximate surface area is 124 Å². The molecule has 1 aromatic heterocycles. The van der Waals surface area contributed by atoms with Gasteiger partial charge in [-0.05, 0) is 52.7 Å². The number of hydrazine groups is 1. The third kappa shape index (κ3) is 4.26. The number of aromatic nitrogens is 1. The highest BCUT2D eigenvalue weighted by Gasteiger charge is 2.26. The van der Waals surface area contributed by atoms with Gasteiger partial charge in [0.1, 0.15) is 0 Å². The largest absolute Gasteiger partial charge is 0.271 e. The Kier molecular flexibility index (Phi) is 5.79. The van der Waals surface area contributed by atoms with Gasteiger partial charge in [-0.1, -0.05) is 26.2 Å². The Morgan fingerprint density at radius 3 is 2.63 bits per heavy atom. The molecule has 0 amide bonds. The number of halogens is 1. The van der Waals surface area contributed by atoms with Crippen molar-refractivity contribution in [1.82, 2.24) is 10.4 Å². The number of pyridine rings is 1. The summed E-state index contributed by atoms with van der Waals surface area (Å²) in [6, 6.07) is 4.47. The van der Waals surface area contributed by atoms with Crippen molar-refractivity contribution in [2.24, 2.45) is 17.7 Å². The van der Waals surface area contributed by atoms with Gasteiger partial charge in [0.15, 0.2) is 0 Å². The van der Waals surface area contributed by atoms with Gasteiger partial charge in [0, 0.05) is 28.8 Å². The Morgan fingerprint density at radius 1 is 1.37 bits per heavy atom. The summed E-state index contributed by atoms with van der Waals surface area (Å²) in [6.07, 6.45) is 9.40. The molecule has 1 heterocycles. The lowest BCUT2D eigenvalue weighted by atomic mass is 9.77. The molecule has 19 heavy (non-hydrogen) atoms. The first-order chi connectivity index (χ1) is 9.22. The minimum Gasteiger partial charge on any atom is -0.271 e. The van der Waals surface area contributed by atoms with Gasteiger partial charge in [0.05, 0.1) is 0 Å². The van der Waals surface area contributed by atoms with E-state index in [0.717, 1.165) is 22.5 Å². The van der Waals surface area contributed by atoms with Gasteiger partial charge >= 0.3 is 0 Å². The normalized spacial score (nSPS) is 25.2. The molecule has 1 saturated carbocycles. The quantitative estimate of drug-likeness (QED) is 0.644. The fraction of sp³-hybridized carbons (Fsp3) is 0.667. The average Bonchev–Trinajstić information content (AvgIpc) is 2.47. The van der Waals surface area contributed by atoms with Gasteiger partial charge < -0.3 is 0 Å². The Hall–Kier alpha value is -0.450. The zero-order valence-electron chi connectivity index (χ0n) is 11.6. The van der Waals surface area contributed by atoms with Crippen molar-refractivity contribution in [3.05, 3.63) is 28.5 Å². The second kappa shape index (κ2) is 7.36. The first-order valence-electron chi connectivity index (χ1n) is 7.29. The fourth-order valence-electron chi connectivity index (χ4n) is 3.11. The molecule has 3 N–H and O–H groups in total. The maximum Gasteiger partial charge on any atom is 0.0420 e. The monoisotopic (exact) mass is 325 g/mol. The van der Waals surface area contributed by atoms with Crippen LogP contribution in [-0.2, 0) is 6.42 Å². The summed E-state index contributed by atoms with van der Waals surface area (Å²) in [5.41, 5.74) is 4.13. The summed E-state index contributed by atoms with van der Waals surface area (Å²) >= 11 is 3.42. The third-order valence-corrected chi connectivity index (χ3v) is 4.94. The van der Waals surface area contributed by atoms with Crippen molar-refractivity contribution in [3.63, 3.8) is 0 Å². The number of nitrogens with zero attached hydrogens (tertiary/aromatic N) is 1. The van der Waals surface area contributed by atoms with E-state index in [0.29, 0.717) is 12.0 Å². The predicted octanol–water partition coefficient (Wildman–Crippen LogP) is 3.43. The topological polar surface area (TPSA) is 50.9 Å². The molecular weight excluding hydrogens is 302 g/mol. The van der Waals surface area contributed by atoms with E-state index >= 15 is 0 Å². The van der Waals surface area contributed by atoms with Crippen molar-refractivity contribution in [2.75, 3.05) is 0 Å². The van der Waals surface area contributed by atoms with E-state index in [1.165, 1.54) is 32.1 Å². The van der Waals surface area contributed by atoms with Gasteiger partial charge in [-0.3, -0.25) is 16.3 Å². The van der Waals surface area contributed by atoms with Crippen LogP contribution < -0.4 is 11.3 Å². The van der Waals surface area contributed by atoms with E-state index in [2.05, 4.69) is 39.3 Å². The predicted molar refractivity (Wildman–Crippen MR) is 82.5 cm³/mol. The van der Waals surface area contributed by atoms with Crippen molar-refractivity contribution >= 4 is 15.9 Å². The summed E-state index contributed by atoms with van der Waals surface area (Å²) in [5, 5.41) is 0. The van der Waals surface area contributed by atoms with Crippen LogP contribution in [0.1, 0.15) is 44.7 Å². The molecule has 0 aliphatic heterocycles. The lowest BCUT2D eigenvalue weighted by Gasteiger charge is -2.33. The number of rotatable bonds is 5. The molecule has 2 rings (SSSR count). The molecule has 0 bridgehead atoms. The van der Waals surface area contributed by atoms with Crippen molar-refractivity contribution in [2.45, 2.75) is 51.5 Å². The highest BCUT2D eigenvalue weighted by atomic mass is 79.9. The summed E-state index contributed by atoms with van der Waals surface area (Å²) in [5.74, 6) is 7.39. The van der Waals surface area contributed by atoms with Crippen molar-refractivity contribution in [3.8, 4) is 0 Å². The van der Waals surface area contributed by atoms with E-state index in [-0.39, 0.29) is 0 Å². The minimum absolute atomic E-state index is 0.353. The van der Waals surface area contributed by atoms with Gasteiger partial charge in [-0.25, -0.2) is 0 Å². The van der Waals surface area contributed by atoms with Crippen molar-refractivity contribution < 1.29 is 0 Å². The molecule has 1 unspecified atom stereocenters. The number of hydrogen-bond donors (Lipinski definition) is 2. The molecule has 1 aliphatic rings. The van der Waals surface area contributed by atoms with Crippen LogP contribution in [0.2, 0.25) is 0 Å². The second-order valence-corrected chi connectivity index (χ2v) is 6.55. The van der Waals surface area contributed by atoms with Crippen LogP contribution in [0.25, 0.3) is 0 Å². The molecule has 1 atom stereocenters. The Balaban J connectivity index is 1.91. The summed E-state index contributed by atoms with van der Waals surface area (Å²) in [4.78, 5) is 4.45. The molecular formula is C15H24BrN3. The minimum atomic E-state index is 0.353. The van der Waals surface area contributed by atoms with E-state index in [1.807, 2.05) is 12.3 Å². The van der Waals surface area contributed by atoms with Crippen LogP contribution in [0.5, 0.6) is 0 Å². The maximum absolute atomic E-state index is 5.76. The molecule has 106 valence electrons. The van der Waals surface area contributed by atoms with Gasteiger partial charge in [0.25, 0.3) is 0 Å². The molecule has 0 radical (unpaired) electrons. The first kappa shape index (κ1) is 14.9. The van der Waals surface area contributed by atoms with Crippen LogP contribution in [0.4, 0.5) is 0 Å². The van der Waals surface area contributed by atoms with E-state index in [4.69, 9.17) is 5.84 Å². The van der Waals surface area contributed by atoms with Crippen LogP contribution in [0.3, 0.4) is 0 Å². The zero-order valence-corrected chi connectivity index (χ0v) is 13.2. The SMILES string of the molecule is CCC1CCC(C(Cc2ccc(Br)cn2)NN)CC1. The maximum atomic E-state index is 5.76. The van der Waals surface area contributed by atoms with Gasteiger partial charge in [-0.2, -0.15) is 0 Å². The summed E-state index contributed by atoms with van der Waals surface area (Å²) in [7, 11) is 0. The molecule has 0 saturated heterocycles. The van der Waals surface area contributed by atoms with E-state index in [1.54, 1.807) is 0 Å². The number of nitrogens with one attached hydrogen (secondary N) is 1. The van der Waals surface area contributed by atoms with E-state index in [9.17, 15) is 0 Å². The smallest absolute Gasteiger partial charge is 0.0420 e. The number of hydrogen-bond acceptors (Lipinski definition) is 3. The van der Waals surface area contributed by atoms with Gasteiger partial charge in [0.2, 0.25) is 0 Å². The lowest BCUT2D eigenvalue weighted by molar-refractivity contribution is 0.216. The van der Waals surface area contributed by atoms with Crippen LogP contribution in [-0.4, -0.2) is 11.0 Å². The fourth-order valence-corrected chi connectivity index (χ4v) is 3.35. The molecule has 1 aromatic rings. The van der Waals surface area contributed by atoms with Gasteiger partial charge in [-0.15, -0.1) is 0 Å². The first-order valence-corrected chi connectivity index (χ1v) is 8.08.